The van der Waals surface area contributed by atoms with E-state index in [2.05, 4.69) is 9.50 Å². The van der Waals surface area contributed by atoms with Crippen molar-refractivity contribution in [1.29, 1.82) is 0 Å². The lowest BCUT2D eigenvalue weighted by Gasteiger charge is -2.45. The van der Waals surface area contributed by atoms with Gasteiger partial charge in [0.25, 0.3) is 0 Å². The van der Waals surface area contributed by atoms with E-state index in [1.807, 2.05) is 30.3 Å². The maximum atomic E-state index is 13.0. The molecule has 0 spiro atoms. The van der Waals surface area contributed by atoms with Crippen LogP contribution in [0.25, 0.3) is 0 Å². The Labute approximate surface area is 202 Å². The number of amides is 2. The molecule has 1 saturated heterocycles. The van der Waals surface area contributed by atoms with Crippen molar-refractivity contribution >= 4 is 39.9 Å². The SMILES string of the molecule is CCOS(=O)(=O)O[C@@H](C)[C@@H]1C(=O)N2C(C(=O)OCc3ccccc3)=C(S/C=C/NC(C)=O)C[C@H]12. The molecule has 1 fully saturated rings. The molecule has 0 saturated carbocycles. The van der Waals surface area contributed by atoms with Crippen LogP contribution in [0.2, 0.25) is 0 Å². The molecule has 12 heteroatoms. The summed E-state index contributed by atoms with van der Waals surface area (Å²) in [4.78, 5) is 38.9. The third-order valence-electron chi connectivity index (χ3n) is 5.18. The minimum Gasteiger partial charge on any atom is -0.456 e. The predicted molar refractivity (Wildman–Crippen MR) is 124 cm³/mol. The van der Waals surface area contributed by atoms with E-state index in [0.717, 1.165) is 5.56 Å². The lowest BCUT2D eigenvalue weighted by molar-refractivity contribution is -0.161. The molecule has 0 aliphatic carbocycles. The van der Waals surface area contributed by atoms with Crippen molar-refractivity contribution in [3.63, 3.8) is 0 Å². The molecule has 0 aromatic heterocycles. The molecule has 3 atom stereocenters. The summed E-state index contributed by atoms with van der Waals surface area (Å²) in [5.41, 5.74) is 0.904. The summed E-state index contributed by atoms with van der Waals surface area (Å²) in [5, 5.41) is 4.10. The molecule has 1 aromatic carbocycles. The molecule has 10 nitrogen and oxygen atoms in total. The predicted octanol–water partition coefficient (Wildman–Crippen LogP) is 2.20. The topological polar surface area (TPSA) is 128 Å². The van der Waals surface area contributed by atoms with Crippen LogP contribution in [0.3, 0.4) is 0 Å². The highest BCUT2D eigenvalue weighted by Crippen LogP contribution is 2.48. The van der Waals surface area contributed by atoms with Gasteiger partial charge in [-0.2, -0.15) is 8.42 Å². The number of rotatable bonds is 11. The number of carbonyl (C=O) groups excluding carboxylic acids is 3. The van der Waals surface area contributed by atoms with Crippen LogP contribution < -0.4 is 5.32 Å². The van der Waals surface area contributed by atoms with Gasteiger partial charge in [0.2, 0.25) is 11.8 Å². The van der Waals surface area contributed by atoms with Crippen LogP contribution in [-0.2, 0) is 44.5 Å². The van der Waals surface area contributed by atoms with Gasteiger partial charge in [0.1, 0.15) is 12.3 Å². The first-order chi connectivity index (χ1) is 16.1. The van der Waals surface area contributed by atoms with E-state index in [4.69, 9.17) is 8.92 Å². The second-order valence-electron chi connectivity index (χ2n) is 7.58. The Kier molecular flexibility index (Phi) is 8.52. The fourth-order valence-electron chi connectivity index (χ4n) is 3.79. The first kappa shape index (κ1) is 25.9. The van der Waals surface area contributed by atoms with Gasteiger partial charge in [-0.05, 0) is 24.8 Å². The Bertz CT molecular complexity index is 1100. The van der Waals surface area contributed by atoms with Crippen molar-refractivity contribution < 1.29 is 35.9 Å². The Balaban J connectivity index is 1.76. The third-order valence-corrected chi connectivity index (χ3v) is 7.16. The molecule has 0 bridgehead atoms. The van der Waals surface area contributed by atoms with Crippen molar-refractivity contribution in [2.45, 2.75) is 45.9 Å². The molecule has 1 aromatic rings. The zero-order chi connectivity index (χ0) is 24.9. The summed E-state index contributed by atoms with van der Waals surface area (Å²) in [7, 11) is -4.25. The fraction of sp³-hybridized carbons (Fsp3) is 0.409. The highest BCUT2D eigenvalue weighted by Gasteiger charge is 2.58. The first-order valence-corrected chi connectivity index (χ1v) is 12.8. The van der Waals surface area contributed by atoms with E-state index >= 15 is 0 Å². The Hall–Kier alpha value is -2.67. The third kappa shape index (κ3) is 6.06. The van der Waals surface area contributed by atoms with Gasteiger partial charge < -0.3 is 15.0 Å². The molecule has 2 aliphatic rings. The minimum absolute atomic E-state index is 0.0328. The number of thioether (sulfide) groups is 1. The highest BCUT2D eigenvalue weighted by atomic mass is 32.3. The number of hydrogen-bond acceptors (Lipinski definition) is 9. The normalized spacial score (nSPS) is 20.8. The van der Waals surface area contributed by atoms with Crippen LogP contribution in [0.1, 0.15) is 32.8 Å². The smallest absolute Gasteiger partial charge is 0.400 e. The van der Waals surface area contributed by atoms with Gasteiger partial charge in [0, 0.05) is 24.4 Å². The first-order valence-electron chi connectivity index (χ1n) is 10.6. The molecule has 2 aliphatic heterocycles. The summed E-state index contributed by atoms with van der Waals surface area (Å²) in [6.07, 6.45) is 0.761. The minimum atomic E-state index is -4.25. The van der Waals surface area contributed by atoms with Gasteiger partial charge in [0.05, 0.1) is 24.7 Å². The Morgan fingerprint density at radius 1 is 1.29 bits per heavy atom. The lowest BCUT2D eigenvalue weighted by atomic mass is 9.83. The van der Waals surface area contributed by atoms with Crippen molar-refractivity contribution in [2.24, 2.45) is 5.92 Å². The molecule has 2 heterocycles. The summed E-state index contributed by atoms with van der Waals surface area (Å²) in [5.74, 6) is -2.12. The second kappa shape index (κ2) is 11.2. The number of nitrogens with zero attached hydrogens (tertiary/aromatic N) is 1. The van der Waals surface area contributed by atoms with E-state index < -0.39 is 40.3 Å². The van der Waals surface area contributed by atoms with Crippen molar-refractivity contribution in [2.75, 3.05) is 6.61 Å². The highest BCUT2D eigenvalue weighted by molar-refractivity contribution is 8.05. The van der Waals surface area contributed by atoms with Crippen LogP contribution in [0, 0.1) is 5.92 Å². The van der Waals surface area contributed by atoms with E-state index in [1.165, 1.54) is 43.6 Å². The van der Waals surface area contributed by atoms with Crippen LogP contribution in [-0.4, -0.2) is 49.9 Å². The molecular formula is C22H26N2O8S2. The van der Waals surface area contributed by atoms with Gasteiger partial charge in [-0.1, -0.05) is 42.1 Å². The molecule has 184 valence electrons. The standard InChI is InChI=1S/C22H26N2O8S2/c1-4-31-34(28,29)32-14(2)19-17-12-18(33-11-10-23-15(3)25)20(24(17)21(19)26)22(27)30-13-16-8-6-5-7-9-16/h5-11,14,17,19H,4,12-13H2,1-3H3,(H,23,25)/b11-10+/t14-,17+,19-/m0/s1. The Morgan fingerprint density at radius 2 is 2.00 bits per heavy atom. The molecular weight excluding hydrogens is 484 g/mol. The summed E-state index contributed by atoms with van der Waals surface area (Å²) < 4.78 is 38.8. The average molecular weight is 511 g/mol. The van der Waals surface area contributed by atoms with Gasteiger partial charge >= 0.3 is 16.4 Å². The van der Waals surface area contributed by atoms with E-state index in [-0.39, 0.29) is 24.8 Å². The summed E-state index contributed by atoms with van der Waals surface area (Å²) in [6.45, 7) is 4.29. The molecule has 1 N–H and O–H groups in total. The maximum Gasteiger partial charge on any atom is 0.400 e. The number of hydrogen-bond donors (Lipinski definition) is 1. The van der Waals surface area contributed by atoms with Crippen molar-refractivity contribution in [3.05, 3.63) is 58.1 Å². The molecule has 2 amide bonds. The van der Waals surface area contributed by atoms with Crippen LogP contribution in [0.4, 0.5) is 0 Å². The van der Waals surface area contributed by atoms with Gasteiger partial charge in [-0.25, -0.2) is 13.2 Å². The molecule has 0 radical (unpaired) electrons. The Morgan fingerprint density at radius 3 is 2.65 bits per heavy atom. The van der Waals surface area contributed by atoms with E-state index in [1.54, 1.807) is 5.41 Å². The summed E-state index contributed by atoms with van der Waals surface area (Å²) >= 11 is 1.17. The van der Waals surface area contributed by atoms with Gasteiger partial charge in [-0.3, -0.25) is 9.59 Å². The maximum absolute atomic E-state index is 13.0. The van der Waals surface area contributed by atoms with Gasteiger partial charge in [0.15, 0.2) is 0 Å². The monoisotopic (exact) mass is 510 g/mol. The number of β-lactam (4-membered cyclic amide) rings is 1. The lowest BCUT2D eigenvalue weighted by Crippen LogP contribution is -2.62. The number of esters is 1. The number of carbonyl (C=O) groups is 3. The van der Waals surface area contributed by atoms with Crippen molar-refractivity contribution in [1.82, 2.24) is 10.2 Å². The van der Waals surface area contributed by atoms with Crippen LogP contribution in [0.5, 0.6) is 0 Å². The number of nitrogens with one attached hydrogen (secondary N) is 1. The number of ether oxygens (including phenoxy) is 1. The zero-order valence-corrected chi connectivity index (χ0v) is 20.6. The van der Waals surface area contributed by atoms with Crippen LogP contribution in [0.15, 0.2) is 52.5 Å². The quantitative estimate of drug-likeness (QED) is 0.352. The number of benzene rings is 1. The van der Waals surface area contributed by atoms with Crippen molar-refractivity contribution in [3.8, 4) is 0 Å². The van der Waals surface area contributed by atoms with E-state index in [0.29, 0.717) is 11.3 Å². The molecule has 0 unspecified atom stereocenters. The zero-order valence-electron chi connectivity index (χ0n) is 18.9. The largest absolute Gasteiger partial charge is 0.456 e. The summed E-state index contributed by atoms with van der Waals surface area (Å²) in [6, 6.07) is 8.66. The van der Waals surface area contributed by atoms with Gasteiger partial charge in [-0.15, -0.1) is 0 Å². The number of fused-ring (bicyclic) bond motifs is 1. The fourth-order valence-corrected chi connectivity index (χ4v) is 5.49. The molecule has 3 rings (SSSR count). The molecule has 34 heavy (non-hydrogen) atoms. The average Bonchev–Trinajstić information content (AvgIpc) is 3.09. The second-order valence-corrected chi connectivity index (χ2v) is 9.82. The van der Waals surface area contributed by atoms with Crippen LogP contribution >= 0.6 is 11.8 Å². The van der Waals surface area contributed by atoms with E-state index in [9.17, 15) is 22.8 Å².